The number of aliphatic carboxylic acids is 1. The molecule has 8 nitrogen and oxygen atoms in total. The Balaban J connectivity index is 2.23. The van der Waals surface area contributed by atoms with Crippen molar-refractivity contribution in [1.29, 1.82) is 0 Å². The average Bonchev–Trinajstić information content (AvgIpc) is 2.92. The summed E-state index contributed by atoms with van der Waals surface area (Å²) >= 11 is 0. The summed E-state index contributed by atoms with van der Waals surface area (Å²) in [5.74, 6) is -1.93. The highest BCUT2D eigenvalue weighted by atomic mass is 32.2. The fourth-order valence-corrected chi connectivity index (χ4v) is 4.06. The molecule has 0 saturated heterocycles. The smallest absolute Gasteiger partial charge is 0.303 e. The maximum absolute atomic E-state index is 13.0. The molecule has 0 unspecified atom stereocenters. The van der Waals surface area contributed by atoms with E-state index in [1.807, 2.05) is 0 Å². The molecule has 5 N–H and O–H groups in total. The van der Waals surface area contributed by atoms with Crippen LogP contribution < -0.4 is 5.73 Å². The van der Waals surface area contributed by atoms with Crippen molar-refractivity contribution < 1.29 is 28.5 Å². The fraction of sp³-hybridized carbons (Fsp3) is 0.118. The van der Waals surface area contributed by atoms with Gasteiger partial charge in [-0.15, -0.1) is 0 Å². The highest BCUT2D eigenvalue weighted by molar-refractivity contribution is 7.90. The number of aromatic hydroxyl groups is 2. The van der Waals surface area contributed by atoms with E-state index in [1.165, 1.54) is 36.5 Å². The second-order valence-corrected chi connectivity index (χ2v) is 7.59. The monoisotopic (exact) mass is 376 g/mol. The van der Waals surface area contributed by atoms with Gasteiger partial charge in [0.1, 0.15) is 0 Å². The van der Waals surface area contributed by atoms with Gasteiger partial charge in [0.2, 0.25) is 0 Å². The molecule has 3 rings (SSSR count). The lowest BCUT2D eigenvalue weighted by Crippen LogP contribution is -2.12. The van der Waals surface area contributed by atoms with Crippen LogP contribution in [0.2, 0.25) is 0 Å². The molecule has 0 aliphatic heterocycles. The van der Waals surface area contributed by atoms with Crippen LogP contribution in [0.4, 0.5) is 5.69 Å². The predicted molar refractivity (Wildman–Crippen MR) is 94.7 cm³/mol. The second kappa shape index (κ2) is 6.26. The summed E-state index contributed by atoms with van der Waals surface area (Å²) in [5.41, 5.74) is 6.56. The largest absolute Gasteiger partial charge is 0.504 e. The number of anilines is 1. The molecule has 1 aromatic heterocycles. The number of hydrogen-bond donors (Lipinski definition) is 4. The molecule has 1 heterocycles. The van der Waals surface area contributed by atoms with Crippen molar-refractivity contribution >= 4 is 32.6 Å². The Morgan fingerprint density at radius 3 is 2.31 bits per heavy atom. The summed E-state index contributed by atoms with van der Waals surface area (Å²) in [6.07, 6.45) is 1.17. The zero-order valence-corrected chi connectivity index (χ0v) is 14.3. The molecular weight excluding hydrogens is 360 g/mol. The molecule has 0 saturated carbocycles. The van der Waals surface area contributed by atoms with Gasteiger partial charge in [-0.2, -0.15) is 0 Å². The second-order valence-electron chi connectivity index (χ2n) is 5.78. The van der Waals surface area contributed by atoms with Crippen molar-refractivity contribution in [1.82, 2.24) is 3.97 Å². The van der Waals surface area contributed by atoms with E-state index in [0.717, 1.165) is 10.0 Å². The third kappa shape index (κ3) is 3.04. The van der Waals surface area contributed by atoms with Gasteiger partial charge in [0.25, 0.3) is 10.0 Å². The third-order valence-electron chi connectivity index (χ3n) is 3.99. The number of carboxylic acid groups (broad SMARTS) is 1. The molecule has 0 radical (unpaired) electrons. The Morgan fingerprint density at radius 2 is 1.69 bits per heavy atom. The van der Waals surface area contributed by atoms with Crippen LogP contribution in [0.5, 0.6) is 11.5 Å². The van der Waals surface area contributed by atoms with Crippen LogP contribution in [0.1, 0.15) is 12.0 Å². The maximum atomic E-state index is 13.0. The molecule has 0 fully saturated rings. The number of phenols is 2. The molecule has 0 amide bonds. The van der Waals surface area contributed by atoms with Crippen LogP contribution in [0, 0.1) is 0 Å². The van der Waals surface area contributed by atoms with Gasteiger partial charge in [0.15, 0.2) is 11.5 Å². The number of nitrogen functional groups attached to an aromatic ring is 1. The first-order valence-electron chi connectivity index (χ1n) is 7.59. The number of benzene rings is 2. The molecule has 0 bridgehead atoms. The number of hydrogen-bond acceptors (Lipinski definition) is 6. The van der Waals surface area contributed by atoms with Gasteiger partial charge in [-0.05, 0) is 42.3 Å². The Kier molecular flexibility index (Phi) is 4.25. The van der Waals surface area contributed by atoms with Crippen LogP contribution in [0.25, 0.3) is 10.9 Å². The zero-order chi connectivity index (χ0) is 19.1. The molecular formula is C17H16N2O6S. The van der Waals surface area contributed by atoms with E-state index in [1.54, 1.807) is 0 Å². The number of rotatable bonds is 5. The van der Waals surface area contributed by atoms with Crippen molar-refractivity contribution in [2.75, 3.05) is 5.73 Å². The lowest BCUT2D eigenvalue weighted by atomic mass is 10.1. The van der Waals surface area contributed by atoms with Gasteiger partial charge in [-0.3, -0.25) is 4.79 Å². The minimum atomic E-state index is -4.01. The first-order valence-corrected chi connectivity index (χ1v) is 9.03. The fourth-order valence-electron chi connectivity index (χ4n) is 2.68. The Hall–Kier alpha value is -3.20. The lowest BCUT2D eigenvalue weighted by Gasteiger charge is -2.08. The van der Waals surface area contributed by atoms with Crippen molar-refractivity contribution in [3.05, 3.63) is 48.2 Å². The summed E-state index contributed by atoms with van der Waals surface area (Å²) in [6.45, 7) is 0. The van der Waals surface area contributed by atoms with Gasteiger partial charge >= 0.3 is 5.97 Å². The van der Waals surface area contributed by atoms with E-state index >= 15 is 0 Å². The van der Waals surface area contributed by atoms with Gasteiger partial charge < -0.3 is 21.1 Å². The van der Waals surface area contributed by atoms with Crippen LogP contribution in [-0.2, 0) is 21.2 Å². The number of carboxylic acids is 1. The van der Waals surface area contributed by atoms with Crippen molar-refractivity contribution in [3.63, 3.8) is 0 Å². The molecule has 0 spiro atoms. The molecule has 26 heavy (non-hydrogen) atoms. The number of carbonyl (C=O) groups is 1. The number of fused-ring (bicyclic) bond motifs is 1. The van der Waals surface area contributed by atoms with E-state index in [0.29, 0.717) is 16.6 Å². The van der Waals surface area contributed by atoms with Gasteiger partial charge in [0, 0.05) is 29.8 Å². The summed E-state index contributed by atoms with van der Waals surface area (Å²) in [7, 11) is -4.01. The number of nitrogens with zero attached hydrogens (tertiary/aromatic N) is 1. The molecule has 0 aliphatic carbocycles. The molecule has 0 aliphatic rings. The Bertz CT molecular complexity index is 1100. The highest BCUT2D eigenvalue weighted by Crippen LogP contribution is 2.35. The summed E-state index contributed by atoms with van der Waals surface area (Å²) < 4.78 is 26.9. The van der Waals surface area contributed by atoms with Gasteiger partial charge in [0.05, 0.1) is 10.4 Å². The summed E-state index contributed by atoms with van der Waals surface area (Å²) in [5, 5.41) is 28.8. The van der Waals surface area contributed by atoms with Crippen molar-refractivity contribution in [2.24, 2.45) is 0 Å². The minimum Gasteiger partial charge on any atom is -0.504 e. The van der Waals surface area contributed by atoms with Crippen LogP contribution >= 0.6 is 0 Å². The molecule has 136 valence electrons. The SMILES string of the molecule is Nc1ccc(S(=O)(=O)n2cc(CCC(=O)O)c3cc(O)c(O)cc32)cc1. The predicted octanol–water partition coefficient (Wildman–Crippen LogP) is 1.89. The normalized spacial score (nSPS) is 11.7. The molecule has 2 aromatic carbocycles. The third-order valence-corrected chi connectivity index (χ3v) is 5.68. The number of nitrogens with two attached hydrogens (primary N) is 1. The molecule has 9 heteroatoms. The quantitative estimate of drug-likeness (QED) is 0.393. The summed E-state index contributed by atoms with van der Waals surface area (Å²) in [4.78, 5) is 10.8. The standard InChI is InChI=1S/C17H16N2O6S/c18-11-2-4-12(5-3-11)26(24,25)19-9-10(1-6-17(22)23)13-7-15(20)16(21)8-14(13)19/h2-5,7-9,20-21H,1,6,18H2,(H,22,23). The highest BCUT2D eigenvalue weighted by Gasteiger charge is 2.22. The van der Waals surface area contributed by atoms with E-state index in [4.69, 9.17) is 10.8 Å². The lowest BCUT2D eigenvalue weighted by molar-refractivity contribution is -0.136. The van der Waals surface area contributed by atoms with Crippen molar-refractivity contribution in [2.45, 2.75) is 17.7 Å². The van der Waals surface area contributed by atoms with Crippen LogP contribution in [0.3, 0.4) is 0 Å². The Morgan fingerprint density at radius 1 is 1.08 bits per heavy atom. The van der Waals surface area contributed by atoms with Gasteiger partial charge in [-0.1, -0.05) is 0 Å². The average molecular weight is 376 g/mol. The summed E-state index contributed by atoms with van der Waals surface area (Å²) in [6, 6.07) is 7.96. The topological polar surface area (TPSA) is 143 Å². The minimum absolute atomic E-state index is 0.0130. The number of phenolic OH excluding ortho intramolecular Hbond substituents is 2. The molecule has 0 atom stereocenters. The number of aryl methyl sites for hydroxylation is 1. The van der Waals surface area contributed by atoms with Gasteiger partial charge in [-0.25, -0.2) is 12.4 Å². The van der Waals surface area contributed by atoms with Crippen LogP contribution in [-0.4, -0.2) is 33.7 Å². The first kappa shape index (κ1) is 17.6. The first-order chi connectivity index (χ1) is 12.2. The van der Waals surface area contributed by atoms with Crippen LogP contribution in [0.15, 0.2) is 47.5 Å². The van der Waals surface area contributed by atoms with E-state index < -0.39 is 27.5 Å². The van der Waals surface area contributed by atoms with E-state index in [9.17, 15) is 23.4 Å². The zero-order valence-electron chi connectivity index (χ0n) is 13.5. The molecule has 3 aromatic rings. The van der Waals surface area contributed by atoms with Crippen molar-refractivity contribution in [3.8, 4) is 11.5 Å². The number of aromatic nitrogens is 1. The maximum Gasteiger partial charge on any atom is 0.303 e. The Labute approximate surface area is 148 Å². The van der Waals surface area contributed by atoms with E-state index in [-0.39, 0.29) is 23.3 Å². The van der Waals surface area contributed by atoms with E-state index in [2.05, 4.69) is 0 Å².